The highest BCUT2D eigenvalue weighted by Gasteiger charge is 2.07. The fraction of sp³-hybridized carbons (Fsp3) is 1.00. The number of methoxy groups -OCH3 is 1. The van der Waals surface area contributed by atoms with E-state index in [0.29, 0.717) is 0 Å². The molecule has 0 aromatic rings. The molecular weight excluding hydrogens is 156 g/mol. The molecule has 0 bridgehead atoms. The Morgan fingerprint density at radius 2 is 2.17 bits per heavy atom. The van der Waals surface area contributed by atoms with Crippen molar-refractivity contribution in [2.75, 3.05) is 46.6 Å². The van der Waals surface area contributed by atoms with Crippen molar-refractivity contribution < 1.29 is 9.47 Å². The molecule has 1 fully saturated rings. The Morgan fingerprint density at radius 1 is 1.42 bits per heavy atom. The van der Waals surface area contributed by atoms with Gasteiger partial charge in [0.1, 0.15) is 0 Å². The zero-order chi connectivity index (χ0) is 8.65. The Morgan fingerprint density at radius 3 is 2.83 bits per heavy atom. The van der Waals surface area contributed by atoms with Gasteiger partial charge in [-0.2, -0.15) is 0 Å². The molecule has 4 nitrogen and oxygen atoms in total. The van der Waals surface area contributed by atoms with E-state index < -0.39 is 0 Å². The van der Waals surface area contributed by atoms with Gasteiger partial charge in [-0.15, -0.1) is 0 Å². The van der Waals surface area contributed by atoms with Gasteiger partial charge in [0.05, 0.1) is 13.2 Å². The first-order valence-corrected chi connectivity index (χ1v) is 4.48. The maximum Gasteiger partial charge on any atom is 0.0608 e. The molecule has 1 N–H and O–H groups in total. The van der Waals surface area contributed by atoms with Gasteiger partial charge in [0.25, 0.3) is 0 Å². The molecule has 0 radical (unpaired) electrons. The van der Waals surface area contributed by atoms with Crippen LogP contribution in [0.15, 0.2) is 0 Å². The molecule has 0 amide bonds. The average molecular weight is 174 g/mol. The molecule has 12 heavy (non-hydrogen) atoms. The normalized spacial score (nSPS) is 19.8. The van der Waals surface area contributed by atoms with Crippen molar-refractivity contribution in [3.8, 4) is 0 Å². The monoisotopic (exact) mass is 174 g/mol. The Bertz CT molecular complexity index is 105. The fourth-order valence-corrected chi connectivity index (χ4v) is 1.18. The Balaban J connectivity index is 1.91. The smallest absolute Gasteiger partial charge is 0.0608 e. The number of hydrazine groups is 1. The van der Waals surface area contributed by atoms with Crippen LogP contribution in [0.1, 0.15) is 6.42 Å². The zero-order valence-corrected chi connectivity index (χ0v) is 7.71. The van der Waals surface area contributed by atoms with Gasteiger partial charge >= 0.3 is 0 Å². The minimum atomic E-state index is 0.831. The molecule has 0 aliphatic carbocycles. The molecular formula is C8H18N2O2. The average Bonchev–Trinajstić information content (AvgIpc) is 2.14. The molecule has 0 spiro atoms. The second kappa shape index (κ2) is 6.37. The van der Waals surface area contributed by atoms with E-state index in [-0.39, 0.29) is 0 Å². The number of hydrogen-bond acceptors (Lipinski definition) is 4. The van der Waals surface area contributed by atoms with E-state index in [1.807, 2.05) is 0 Å². The molecule has 4 heteroatoms. The molecule has 0 saturated carbocycles. The predicted octanol–water partition coefficient (Wildman–Crippen LogP) is -0.140. The first-order chi connectivity index (χ1) is 5.93. The molecule has 1 aliphatic rings. The van der Waals surface area contributed by atoms with Crippen molar-refractivity contribution in [1.82, 2.24) is 10.4 Å². The number of nitrogens with one attached hydrogen (secondary N) is 1. The van der Waals surface area contributed by atoms with Crippen molar-refractivity contribution in [2.24, 2.45) is 0 Å². The summed E-state index contributed by atoms with van der Waals surface area (Å²) >= 11 is 0. The van der Waals surface area contributed by atoms with Crippen molar-refractivity contribution >= 4 is 0 Å². The lowest BCUT2D eigenvalue weighted by Crippen LogP contribution is -2.46. The van der Waals surface area contributed by atoms with E-state index in [1.165, 1.54) is 0 Å². The van der Waals surface area contributed by atoms with Gasteiger partial charge in [0.15, 0.2) is 0 Å². The summed E-state index contributed by atoms with van der Waals surface area (Å²) in [5.74, 6) is 0. The van der Waals surface area contributed by atoms with Gasteiger partial charge in [-0.05, 0) is 6.42 Å². The lowest BCUT2D eigenvalue weighted by Gasteiger charge is -2.27. The Kier molecular flexibility index (Phi) is 5.27. The molecule has 0 unspecified atom stereocenters. The molecule has 0 atom stereocenters. The SMILES string of the molecule is COCCCNN1CCOCC1. The predicted molar refractivity (Wildman–Crippen MR) is 46.9 cm³/mol. The van der Waals surface area contributed by atoms with Crippen LogP contribution in [0.2, 0.25) is 0 Å². The Hall–Kier alpha value is -0.160. The van der Waals surface area contributed by atoms with Gasteiger partial charge in [0, 0.05) is 33.4 Å². The summed E-state index contributed by atoms with van der Waals surface area (Å²) in [4.78, 5) is 0. The Labute approximate surface area is 73.8 Å². The van der Waals surface area contributed by atoms with E-state index >= 15 is 0 Å². The third-order valence-electron chi connectivity index (χ3n) is 1.87. The number of nitrogens with zero attached hydrogens (tertiary/aromatic N) is 1. The second-order valence-electron chi connectivity index (χ2n) is 2.85. The highest BCUT2D eigenvalue weighted by molar-refractivity contribution is 4.56. The quantitative estimate of drug-likeness (QED) is 0.588. The zero-order valence-electron chi connectivity index (χ0n) is 7.71. The lowest BCUT2D eigenvalue weighted by atomic mass is 10.4. The molecule has 0 aromatic heterocycles. The van der Waals surface area contributed by atoms with Crippen LogP contribution in [0.3, 0.4) is 0 Å². The van der Waals surface area contributed by atoms with E-state index in [2.05, 4.69) is 10.4 Å². The van der Waals surface area contributed by atoms with Crippen LogP contribution < -0.4 is 5.43 Å². The lowest BCUT2D eigenvalue weighted by molar-refractivity contribution is 0.0108. The summed E-state index contributed by atoms with van der Waals surface area (Å²) < 4.78 is 10.2. The van der Waals surface area contributed by atoms with Crippen LogP contribution in [0.5, 0.6) is 0 Å². The van der Waals surface area contributed by atoms with Crippen LogP contribution >= 0.6 is 0 Å². The third-order valence-corrected chi connectivity index (χ3v) is 1.87. The first-order valence-electron chi connectivity index (χ1n) is 4.48. The summed E-state index contributed by atoms with van der Waals surface area (Å²) in [6.45, 7) is 5.50. The molecule has 1 aliphatic heterocycles. The van der Waals surface area contributed by atoms with Crippen LogP contribution in [-0.4, -0.2) is 51.6 Å². The molecule has 1 heterocycles. The van der Waals surface area contributed by atoms with Crippen LogP contribution in [-0.2, 0) is 9.47 Å². The van der Waals surface area contributed by atoms with Gasteiger partial charge in [-0.1, -0.05) is 0 Å². The van der Waals surface area contributed by atoms with Gasteiger partial charge in [-0.3, -0.25) is 5.43 Å². The highest BCUT2D eigenvalue weighted by Crippen LogP contribution is 1.92. The highest BCUT2D eigenvalue weighted by atomic mass is 16.5. The topological polar surface area (TPSA) is 33.7 Å². The largest absolute Gasteiger partial charge is 0.385 e. The van der Waals surface area contributed by atoms with E-state index in [1.54, 1.807) is 7.11 Å². The number of rotatable bonds is 5. The number of ether oxygens (including phenoxy) is 2. The molecule has 1 rings (SSSR count). The standard InChI is InChI=1S/C8H18N2O2/c1-11-6-2-3-9-10-4-7-12-8-5-10/h9H,2-8H2,1H3. The summed E-state index contributed by atoms with van der Waals surface area (Å²) in [5.41, 5.74) is 3.33. The maximum absolute atomic E-state index is 5.22. The number of morpholine rings is 1. The van der Waals surface area contributed by atoms with E-state index in [4.69, 9.17) is 9.47 Å². The van der Waals surface area contributed by atoms with Crippen LogP contribution in [0.4, 0.5) is 0 Å². The summed E-state index contributed by atoms with van der Waals surface area (Å²) in [6.07, 6.45) is 1.06. The van der Waals surface area contributed by atoms with Crippen molar-refractivity contribution in [3.05, 3.63) is 0 Å². The summed E-state index contributed by atoms with van der Waals surface area (Å²) in [5, 5.41) is 2.21. The van der Waals surface area contributed by atoms with Gasteiger partial charge in [-0.25, -0.2) is 5.01 Å². The van der Waals surface area contributed by atoms with Crippen molar-refractivity contribution in [1.29, 1.82) is 0 Å². The van der Waals surface area contributed by atoms with Gasteiger partial charge < -0.3 is 9.47 Å². The van der Waals surface area contributed by atoms with Gasteiger partial charge in [0.2, 0.25) is 0 Å². The summed E-state index contributed by atoms with van der Waals surface area (Å²) in [7, 11) is 1.73. The van der Waals surface area contributed by atoms with E-state index in [9.17, 15) is 0 Å². The van der Waals surface area contributed by atoms with E-state index in [0.717, 1.165) is 45.9 Å². The minimum absolute atomic E-state index is 0.831. The van der Waals surface area contributed by atoms with Crippen LogP contribution in [0.25, 0.3) is 0 Å². The minimum Gasteiger partial charge on any atom is -0.385 e. The van der Waals surface area contributed by atoms with Crippen LogP contribution in [0, 0.1) is 0 Å². The van der Waals surface area contributed by atoms with Crippen molar-refractivity contribution in [2.45, 2.75) is 6.42 Å². The molecule has 72 valence electrons. The first kappa shape index (κ1) is 9.92. The third kappa shape index (κ3) is 4.01. The molecule has 0 aromatic carbocycles. The second-order valence-corrected chi connectivity index (χ2v) is 2.85. The fourth-order valence-electron chi connectivity index (χ4n) is 1.18. The summed E-state index contributed by atoms with van der Waals surface area (Å²) in [6, 6.07) is 0. The molecule has 1 saturated heterocycles. The van der Waals surface area contributed by atoms with Crippen molar-refractivity contribution in [3.63, 3.8) is 0 Å². The maximum atomic E-state index is 5.22. The number of hydrogen-bond donors (Lipinski definition) is 1.